The first kappa shape index (κ1) is 19.9. The fourth-order valence-electron chi connectivity index (χ4n) is 4.47. The lowest BCUT2D eigenvalue weighted by Crippen LogP contribution is -2.59. The number of halogens is 1. The number of aliphatic hydroxyl groups is 1. The second-order valence-corrected chi connectivity index (χ2v) is 8.86. The van der Waals surface area contributed by atoms with Gasteiger partial charge in [-0.25, -0.2) is 9.11 Å². The van der Waals surface area contributed by atoms with Crippen LogP contribution in [-0.2, 0) is 24.5 Å². The second-order valence-electron chi connectivity index (χ2n) is 7.24. The summed E-state index contributed by atoms with van der Waals surface area (Å²) < 4.78 is 53.1. The third kappa shape index (κ3) is 4.04. The number of aliphatic hydroxyl groups excluding tert-OH is 1. The molecule has 3 aliphatic rings. The SMILES string of the molecule is CCOCCOC1CCC2CC(O)C(N3CC(=O)NS3(=O)=O)C(F)C2C1. The predicted octanol–water partition coefficient (Wildman–Crippen LogP) is -0.0277. The lowest BCUT2D eigenvalue weighted by Gasteiger charge is -2.47. The number of nitrogens with zero attached hydrogens (tertiary/aromatic N) is 1. The highest BCUT2D eigenvalue weighted by Gasteiger charge is 2.53. The van der Waals surface area contributed by atoms with Crippen molar-refractivity contribution in [2.24, 2.45) is 11.8 Å². The standard InChI is InChI=1S/C16H27FN2O6S/c1-2-24-5-6-25-11-4-3-10-7-13(20)16(15(17)12(10)8-11)19-9-14(21)18-26(19,22)23/h10-13,15-16,20H,2-9H2,1H3,(H,18,21). The van der Waals surface area contributed by atoms with Crippen LogP contribution in [0.4, 0.5) is 4.39 Å². The molecule has 3 fully saturated rings. The van der Waals surface area contributed by atoms with Crippen LogP contribution in [0.25, 0.3) is 0 Å². The fraction of sp³-hybridized carbons (Fsp3) is 0.938. The van der Waals surface area contributed by atoms with Crippen molar-refractivity contribution >= 4 is 16.1 Å². The molecule has 1 saturated heterocycles. The van der Waals surface area contributed by atoms with Crippen molar-refractivity contribution in [2.45, 2.75) is 57.0 Å². The predicted molar refractivity (Wildman–Crippen MR) is 90.1 cm³/mol. The number of rotatable bonds is 6. The van der Waals surface area contributed by atoms with Gasteiger partial charge < -0.3 is 14.6 Å². The molecule has 6 atom stereocenters. The van der Waals surface area contributed by atoms with E-state index >= 15 is 4.39 Å². The number of carbonyl (C=O) groups excluding carboxylic acids is 1. The monoisotopic (exact) mass is 394 g/mol. The molecule has 3 rings (SSSR count). The zero-order chi connectivity index (χ0) is 18.9. The van der Waals surface area contributed by atoms with E-state index in [1.807, 2.05) is 11.6 Å². The highest BCUT2D eigenvalue weighted by molar-refractivity contribution is 7.88. The zero-order valence-electron chi connectivity index (χ0n) is 14.8. The average molecular weight is 394 g/mol. The Labute approximate surface area is 153 Å². The van der Waals surface area contributed by atoms with Gasteiger partial charge in [-0.3, -0.25) is 4.79 Å². The summed E-state index contributed by atoms with van der Waals surface area (Å²) in [5.41, 5.74) is 0. The van der Waals surface area contributed by atoms with E-state index in [1.165, 1.54) is 0 Å². The summed E-state index contributed by atoms with van der Waals surface area (Å²) in [4.78, 5) is 11.5. The molecular weight excluding hydrogens is 367 g/mol. The van der Waals surface area contributed by atoms with Crippen LogP contribution in [0.15, 0.2) is 0 Å². The van der Waals surface area contributed by atoms with Crippen LogP contribution in [0.1, 0.15) is 32.6 Å². The van der Waals surface area contributed by atoms with Crippen LogP contribution in [0, 0.1) is 11.8 Å². The first-order valence-electron chi connectivity index (χ1n) is 9.17. The molecule has 0 aromatic heterocycles. The Kier molecular flexibility index (Phi) is 6.18. The Morgan fingerprint density at radius 2 is 2.08 bits per heavy atom. The maximum atomic E-state index is 15.3. The molecule has 0 radical (unpaired) electrons. The van der Waals surface area contributed by atoms with E-state index in [1.54, 1.807) is 0 Å². The molecule has 150 valence electrons. The Bertz CT molecular complexity index is 616. The number of fused-ring (bicyclic) bond motifs is 1. The van der Waals surface area contributed by atoms with E-state index in [0.717, 1.165) is 17.1 Å². The van der Waals surface area contributed by atoms with E-state index in [4.69, 9.17) is 9.47 Å². The van der Waals surface area contributed by atoms with E-state index in [0.29, 0.717) is 32.7 Å². The molecule has 1 aliphatic heterocycles. The van der Waals surface area contributed by atoms with E-state index < -0.39 is 41.0 Å². The molecular formula is C16H27FN2O6S. The zero-order valence-corrected chi connectivity index (χ0v) is 15.7. The van der Waals surface area contributed by atoms with Crippen molar-refractivity contribution in [3.05, 3.63) is 0 Å². The summed E-state index contributed by atoms with van der Waals surface area (Å²) in [6, 6.07) is -1.23. The Morgan fingerprint density at radius 3 is 2.73 bits per heavy atom. The summed E-state index contributed by atoms with van der Waals surface area (Å²) in [5.74, 6) is -1.09. The summed E-state index contributed by atoms with van der Waals surface area (Å²) in [7, 11) is -4.09. The van der Waals surface area contributed by atoms with Gasteiger partial charge in [-0.2, -0.15) is 12.7 Å². The van der Waals surface area contributed by atoms with Crippen molar-refractivity contribution in [3.63, 3.8) is 0 Å². The summed E-state index contributed by atoms with van der Waals surface area (Å²) in [6.07, 6.45) is -0.412. The van der Waals surface area contributed by atoms with Gasteiger partial charge in [-0.1, -0.05) is 0 Å². The number of alkyl halides is 1. The van der Waals surface area contributed by atoms with Crippen molar-refractivity contribution in [3.8, 4) is 0 Å². The lowest BCUT2D eigenvalue weighted by molar-refractivity contribution is -0.120. The third-order valence-electron chi connectivity index (χ3n) is 5.64. The number of carbonyl (C=O) groups is 1. The Hall–Kier alpha value is -0.810. The van der Waals surface area contributed by atoms with Gasteiger partial charge in [0.05, 0.1) is 38.0 Å². The Balaban J connectivity index is 1.67. The fourth-order valence-corrected chi connectivity index (χ4v) is 5.81. The minimum Gasteiger partial charge on any atom is -0.391 e. The number of hydrogen-bond donors (Lipinski definition) is 2. The second kappa shape index (κ2) is 8.05. The topological polar surface area (TPSA) is 105 Å². The number of hydrogen-bond acceptors (Lipinski definition) is 6. The molecule has 0 spiro atoms. The summed E-state index contributed by atoms with van der Waals surface area (Å²) in [6.45, 7) is 3.00. The number of nitrogens with one attached hydrogen (secondary N) is 1. The molecule has 2 N–H and O–H groups in total. The molecule has 2 aliphatic carbocycles. The van der Waals surface area contributed by atoms with Gasteiger partial charge in [0.15, 0.2) is 0 Å². The van der Waals surface area contributed by atoms with E-state index in [9.17, 15) is 18.3 Å². The Morgan fingerprint density at radius 1 is 1.31 bits per heavy atom. The quantitative estimate of drug-likeness (QED) is 0.613. The largest absolute Gasteiger partial charge is 0.391 e. The lowest BCUT2D eigenvalue weighted by atomic mass is 9.66. The third-order valence-corrected chi connectivity index (χ3v) is 7.12. The molecule has 2 saturated carbocycles. The molecule has 10 heteroatoms. The van der Waals surface area contributed by atoms with Crippen molar-refractivity contribution < 1.29 is 32.2 Å². The molecule has 0 aromatic carbocycles. The molecule has 6 unspecified atom stereocenters. The van der Waals surface area contributed by atoms with E-state index in [-0.39, 0.29) is 17.9 Å². The molecule has 1 heterocycles. The van der Waals surface area contributed by atoms with Crippen LogP contribution in [0.3, 0.4) is 0 Å². The average Bonchev–Trinajstić information content (AvgIpc) is 2.84. The molecule has 26 heavy (non-hydrogen) atoms. The van der Waals surface area contributed by atoms with Crippen LogP contribution in [0.2, 0.25) is 0 Å². The molecule has 0 aromatic rings. The first-order chi connectivity index (χ1) is 12.3. The van der Waals surface area contributed by atoms with Crippen molar-refractivity contribution in [2.75, 3.05) is 26.4 Å². The summed E-state index contributed by atoms with van der Waals surface area (Å²) in [5, 5.41) is 10.4. The van der Waals surface area contributed by atoms with Crippen LogP contribution < -0.4 is 4.72 Å². The van der Waals surface area contributed by atoms with Gasteiger partial charge in [0.1, 0.15) is 6.17 Å². The minimum absolute atomic E-state index is 0.00282. The maximum Gasteiger partial charge on any atom is 0.304 e. The molecule has 1 amide bonds. The van der Waals surface area contributed by atoms with Gasteiger partial charge in [0.25, 0.3) is 0 Å². The van der Waals surface area contributed by atoms with E-state index in [2.05, 4.69) is 0 Å². The normalized spacial score (nSPS) is 40.2. The van der Waals surface area contributed by atoms with Gasteiger partial charge in [-0.05, 0) is 44.4 Å². The minimum atomic E-state index is -4.09. The number of amides is 1. The van der Waals surface area contributed by atoms with Gasteiger partial charge in [-0.15, -0.1) is 0 Å². The van der Waals surface area contributed by atoms with Crippen molar-refractivity contribution in [1.29, 1.82) is 0 Å². The molecule has 8 nitrogen and oxygen atoms in total. The van der Waals surface area contributed by atoms with Crippen LogP contribution in [-0.4, -0.2) is 74.5 Å². The van der Waals surface area contributed by atoms with Gasteiger partial charge >= 0.3 is 10.2 Å². The first-order valence-corrected chi connectivity index (χ1v) is 10.6. The van der Waals surface area contributed by atoms with Crippen LogP contribution in [0.5, 0.6) is 0 Å². The van der Waals surface area contributed by atoms with Crippen LogP contribution >= 0.6 is 0 Å². The highest BCUT2D eigenvalue weighted by atomic mass is 32.2. The number of ether oxygens (including phenoxy) is 2. The summed E-state index contributed by atoms with van der Waals surface area (Å²) >= 11 is 0. The van der Waals surface area contributed by atoms with Gasteiger partial charge in [0, 0.05) is 6.61 Å². The van der Waals surface area contributed by atoms with Gasteiger partial charge in [0.2, 0.25) is 5.91 Å². The highest BCUT2D eigenvalue weighted by Crippen LogP contribution is 2.45. The smallest absolute Gasteiger partial charge is 0.304 e. The maximum absolute atomic E-state index is 15.3. The molecule has 0 bridgehead atoms. The van der Waals surface area contributed by atoms with Crippen molar-refractivity contribution in [1.82, 2.24) is 9.03 Å².